The number of rotatable bonds is 9. The smallest absolute Gasteiger partial charge is 0.305 e. The Labute approximate surface area is 109 Å². The van der Waals surface area contributed by atoms with E-state index in [1.807, 2.05) is 6.92 Å². The minimum absolute atomic E-state index is 0.0651. The van der Waals surface area contributed by atoms with E-state index in [2.05, 4.69) is 0 Å². The van der Waals surface area contributed by atoms with Crippen LogP contribution < -0.4 is 0 Å². The van der Waals surface area contributed by atoms with Crippen molar-refractivity contribution in [2.75, 3.05) is 33.0 Å². The first-order valence-electron chi connectivity index (χ1n) is 6.79. The first-order valence-corrected chi connectivity index (χ1v) is 6.79. The molecule has 18 heavy (non-hydrogen) atoms. The molecular formula is C13H24O5. The third-order valence-corrected chi connectivity index (χ3v) is 2.61. The van der Waals surface area contributed by atoms with Crippen molar-refractivity contribution in [2.24, 2.45) is 0 Å². The topological polar surface area (TPSA) is 54.0 Å². The van der Waals surface area contributed by atoms with Crippen LogP contribution in [-0.2, 0) is 23.7 Å². The van der Waals surface area contributed by atoms with Gasteiger partial charge in [0.05, 0.1) is 19.8 Å². The lowest BCUT2D eigenvalue weighted by molar-refractivity contribution is -0.169. The zero-order valence-electron chi connectivity index (χ0n) is 11.2. The molecule has 0 aromatic carbocycles. The van der Waals surface area contributed by atoms with Crippen molar-refractivity contribution in [1.82, 2.24) is 0 Å². The van der Waals surface area contributed by atoms with Crippen LogP contribution in [-0.4, -0.2) is 45.3 Å². The van der Waals surface area contributed by atoms with E-state index < -0.39 is 0 Å². The van der Waals surface area contributed by atoms with Gasteiger partial charge in [0.2, 0.25) is 0 Å². The molecule has 1 aliphatic rings. The first-order chi connectivity index (χ1) is 8.83. The Morgan fingerprint density at radius 1 is 1.22 bits per heavy atom. The number of esters is 1. The van der Waals surface area contributed by atoms with E-state index in [1.54, 1.807) is 0 Å². The molecule has 5 heteroatoms. The highest BCUT2D eigenvalue weighted by atomic mass is 16.7. The molecule has 1 atom stereocenters. The largest absolute Gasteiger partial charge is 0.463 e. The van der Waals surface area contributed by atoms with Gasteiger partial charge < -0.3 is 18.9 Å². The Hall–Kier alpha value is -0.650. The van der Waals surface area contributed by atoms with Crippen LogP contribution in [0.25, 0.3) is 0 Å². The Balaban J connectivity index is 1.82. The molecule has 0 bridgehead atoms. The molecule has 1 saturated heterocycles. The molecule has 1 fully saturated rings. The maximum atomic E-state index is 11.0. The lowest BCUT2D eigenvalue weighted by Gasteiger charge is -2.22. The molecule has 106 valence electrons. The summed E-state index contributed by atoms with van der Waals surface area (Å²) in [5.74, 6) is -0.159. The van der Waals surface area contributed by atoms with Gasteiger partial charge in [-0.05, 0) is 25.7 Å². The average Bonchev–Trinajstić information content (AvgIpc) is 2.39. The predicted molar refractivity (Wildman–Crippen MR) is 66.2 cm³/mol. The van der Waals surface area contributed by atoms with E-state index in [0.29, 0.717) is 32.8 Å². The van der Waals surface area contributed by atoms with Crippen LogP contribution in [0.5, 0.6) is 0 Å². The Morgan fingerprint density at radius 3 is 2.78 bits per heavy atom. The van der Waals surface area contributed by atoms with E-state index in [0.717, 1.165) is 25.9 Å². The molecule has 0 radical (unpaired) electrons. The summed E-state index contributed by atoms with van der Waals surface area (Å²) in [6, 6.07) is 0. The van der Waals surface area contributed by atoms with E-state index in [9.17, 15) is 4.79 Å². The summed E-state index contributed by atoms with van der Waals surface area (Å²) >= 11 is 0. The zero-order chi connectivity index (χ0) is 13.1. The second-order valence-corrected chi connectivity index (χ2v) is 4.25. The fourth-order valence-electron chi connectivity index (χ4n) is 1.67. The molecule has 0 amide bonds. The third kappa shape index (κ3) is 7.63. The van der Waals surface area contributed by atoms with Crippen molar-refractivity contribution in [3.05, 3.63) is 0 Å². The van der Waals surface area contributed by atoms with Crippen molar-refractivity contribution >= 4 is 5.97 Å². The van der Waals surface area contributed by atoms with Gasteiger partial charge in [-0.3, -0.25) is 4.79 Å². The maximum absolute atomic E-state index is 11.0. The van der Waals surface area contributed by atoms with Crippen LogP contribution >= 0.6 is 0 Å². The number of carbonyl (C=O) groups is 1. The van der Waals surface area contributed by atoms with Crippen LogP contribution in [0.3, 0.4) is 0 Å². The summed E-state index contributed by atoms with van der Waals surface area (Å²) in [7, 11) is 0. The van der Waals surface area contributed by atoms with E-state index in [-0.39, 0.29) is 12.3 Å². The van der Waals surface area contributed by atoms with Gasteiger partial charge in [0.1, 0.15) is 6.61 Å². The Bertz CT molecular complexity index is 213. The van der Waals surface area contributed by atoms with Crippen LogP contribution in [0.1, 0.15) is 39.0 Å². The number of hydrogen-bond donors (Lipinski definition) is 0. The van der Waals surface area contributed by atoms with Crippen molar-refractivity contribution < 1.29 is 23.7 Å². The number of hydrogen-bond acceptors (Lipinski definition) is 5. The van der Waals surface area contributed by atoms with Gasteiger partial charge in [-0.1, -0.05) is 6.92 Å². The summed E-state index contributed by atoms with van der Waals surface area (Å²) < 4.78 is 21.2. The summed E-state index contributed by atoms with van der Waals surface area (Å²) in [4.78, 5) is 11.0. The van der Waals surface area contributed by atoms with Gasteiger partial charge in [-0.15, -0.1) is 0 Å². The number of carbonyl (C=O) groups excluding carboxylic acids is 1. The molecule has 0 aromatic rings. The lowest BCUT2D eigenvalue weighted by Crippen LogP contribution is -2.24. The van der Waals surface area contributed by atoms with Crippen LogP contribution in [0, 0.1) is 0 Å². The highest BCUT2D eigenvalue weighted by molar-refractivity contribution is 5.69. The van der Waals surface area contributed by atoms with E-state index in [1.165, 1.54) is 6.42 Å². The summed E-state index contributed by atoms with van der Waals surface area (Å²) in [5, 5.41) is 0. The third-order valence-electron chi connectivity index (χ3n) is 2.61. The lowest BCUT2D eigenvalue weighted by atomic mass is 10.2. The fraction of sp³-hybridized carbons (Fsp3) is 0.923. The molecular weight excluding hydrogens is 236 g/mol. The SMILES string of the molecule is CCCC(=O)OCCOCCOC1CCCCO1. The van der Waals surface area contributed by atoms with Crippen LogP contribution in [0.4, 0.5) is 0 Å². The minimum Gasteiger partial charge on any atom is -0.463 e. The molecule has 1 heterocycles. The molecule has 1 rings (SSSR count). The van der Waals surface area contributed by atoms with Crippen molar-refractivity contribution in [2.45, 2.75) is 45.3 Å². The Kier molecular flexibility index (Phi) is 8.81. The molecule has 0 aromatic heterocycles. The molecule has 0 aliphatic carbocycles. The van der Waals surface area contributed by atoms with E-state index >= 15 is 0 Å². The van der Waals surface area contributed by atoms with Gasteiger partial charge in [-0.2, -0.15) is 0 Å². The second-order valence-electron chi connectivity index (χ2n) is 4.25. The van der Waals surface area contributed by atoms with Gasteiger partial charge in [0, 0.05) is 13.0 Å². The quantitative estimate of drug-likeness (QED) is 0.468. The standard InChI is InChI=1S/C13H24O5/c1-2-5-12(14)16-10-8-15-9-11-18-13-6-3-4-7-17-13/h13H,2-11H2,1H3. The predicted octanol–water partition coefficient (Wildman–Crippen LogP) is 1.89. The molecule has 0 N–H and O–H groups in total. The van der Waals surface area contributed by atoms with E-state index in [4.69, 9.17) is 18.9 Å². The highest BCUT2D eigenvalue weighted by Crippen LogP contribution is 2.13. The average molecular weight is 260 g/mol. The highest BCUT2D eigenvalue weighted by Gasteiger charge is 2.13. The van der Waals surface area contributed by atoms with Gasteiger partial charge in [-0.25, -0.2) is 0 Å². The summed E-state index contributed by atoms with van der Waals surface area (Å²) in [5.41, 5.74) is 0. The Morgan fingerprint density at radius 2 is 2.06 bits per heavy atom. The minimum atomic E-state index is -0.159. The van der Waals surface area contributed by atoms with Gasteiger partial charge in [0.25, 0.3) is 0 Å². The van der Waals surface area contributed by atoms with Gasteiger partial charge >= 0.3 is 5.97 Å². The maximum Gasteiger partial charge on any atom is 0.305 e. The monoisotopic (exact) mass is 260 g/mol. The normalized spacial score (nSPS) is 19.7. The summed E-state index contributed by atoms with van der Waals surface area (Å²) in [6.07, 6.45) is 4.48. The number of ether oxygens (including phenoxy) is 4. The molecule has 5 nitrogen and oxygen atoms in total. The van der Waals surface area contributed by atoms with Crippen LogP contribution in [0.2, 0.25) is 0 Å². The van der Waals surface area contributed by atoms with Crippen LogP contribution in [0.15, 0.2) is 0 Å². The van der Waals surface area contributed by atoms with Crippen molar-refractivity contribution in [1.29, 1.82) is 0 Å². The second kappa shape index (κ2) is 10.3. The van der Waals surface area contributed by atoms with Crippen molar-refractivity contribution in [3.63, 3.8) is 0 Å². The first kappa shape index (κ1) is 15.4. The molecule has 0 spiro atoms. The molecule has 1 aliphatic heterocycles. The fourth-order valence-corrected chi connectivity index (χ4v) is 1.67. The molecule has 1 unspecified atom stereocenters. The zero-order valence-corrected chi connectivity index (χ0v) is 11.2. The van der Waals surface area contributed by atoms with Gasteiger partial charge in [0.15, 0.2) is 6.29 Å². The van der Waals surface area contributed by atoms with Crippen molar-refractivity contribution in [3.8, 4) is 0 Å². The molecule has 0 saturated carbocycles. The summed E-state index contributed by atoms with van der Waals surface area (Å²) in [6.45, 7) is 4.50.